The summed E-state index contributed by atoms with van der Waals surface area (Å²) >= 11 is 5.84. The van der Waals surface area contributed by atoms with Crippen LogP contribution in [0.1, 0.15) is 18.4 Å². The van der Waals surface area contributed by atoms with Gasteiger partial charge in [-0.25, -0.2) is 4.39 Å². The summed E-state index contributed by atoms with van der Waals surface area (Å²) in [7, 11) is 1.65. The number of halogens is 2. The number of amides is 1. The first-order valence-electron chi connectivity index (χ1n) is 7.18. The highest BCUT2D eigenvalue weighted by atomic mass is 35.5. The number of likely N-dealkylation sites (tertiary alicyclic amines) is 1. The fourth-order valence-electron chi connectivity index (χ4n) is 2.55. The SMILES string of the molecule is CNC(=O)CN1CCC(NCc2cc(F)cc(Cl)c2)CC1. The molecule has 0 aliphatic carbocycles. The molecule has 4 nitrogen and oxygen atoms in total. The second-order valence-corrected chi connectivity index (χ2v) is 5.82. The molecule has 0 atom stereocenters. The van der Waals surface area contributed by atoms with Gasteiger partial charge in [-0.2, -0.15) is 0 Å². The largest absolute Gasteiger partial charge is 0.358 e. The Kier molecular flexibility index (Phi) is 5.96. The second-order valence-electron chi connectivity index (χ2n) is 5.38. The Labute approximate surface area is 129 Å². The van der Waals surface area contributed by atoms with Crippen LogP contribution in [0.15, 0.2) is 18.2 Å². The van der Waals surface area contributed by atoms with Crippen molar-refractivity contribution in [2.75, 3.05) is 26.7 Å². The van der Waals surface area contributed by atoms with Gasteiger partial charge in [0.15, 0.2) is 0 Å². The van der Waals surface area contributed by atoms with Crippen LogP contribution in [0.3, 0.4) is 0 Å². The lowest BCUT2D eigenvalue weighted by molar-refractivity contribution is -0.122. The maximum Gasteiger partial charge on any atom is 0.233 e. The van der Waals surface area contributed by atoms with Gasteiger partial charge < -0.3 is 10.6 Å². The normalized spacial score (nSPS) is 16.9. The third-order valence-corrected chi connectivity index (χ3v) is 3.97. The van der Waals surface area contributed by atoms with E-state index < -0.39 is 0 Å². The van der Waals surface area contributed by atoms with Gasteiger partial charge in [-0.3, -0.25) is 9.69 Å². The minimum atomic E-state index is -0.306. The van der Waals surface area contributed by atoms with Crippen LogP contribution in [0.25, 0.3) is 0 Å². The zero-order valence-corrected chi connectivity index (χ0v) is 12.9. The molecule has 0 aromatic heterocycles. The molecule has 0 bridgehead atoms. The predicted molar refractivity (Wildman–Crippen MR) is 81.8 cm³/mol. The van der Waals surface area contributed by atoms with E-state index in [1.54, 1.807) is 13.1 Å². The fraction of sp³-hybridized carbons (Fsp3) is 0.533. The number of hydrogen-bond acceptors (Lipinski definition) is 3. The molecule has 0 radical (unpaired) electrons. The van der Waals surface area contributed by atoms with Crippen molar-refractivity contribution in [3.05, 3.63) is 34.6 Å². The van der Waals surface area contributed by atoms with Gasteiger partial charge in [0, 0.05) is 37.7 Å². The van der Waals surface area contributed by atoms with Gasteiger partial charge in [-0.1, -0.05) is 11.6 Å². The summed E-state index contributed by atoms with van der Waals surface area (Å²) in [4.78, 5) is 13.5. The minimum absolute atomic E-state index is 0.0517. The van der Waals surface area contributed by atoms with Crippen molar-refractivity contribution in [3.8, 4) is 0 Å². The third-order valence-electron chi connectivity index (χ3n) is 3.75. The molecule has 1 heterocycles. The first kappa shape index (κ1) is 16.2. The fourth-order valence-corrected chi connectivity index (χ4v) is 2.80. The van der Waals surface area contributed by atoms with Crippen molar-refractivity contribution < 1.29 is 9.18 Å². The molecule has 1 aliphatic heterocycles. The Morgan fingerprint density at radius 3 is 2.71 bits per heavy atom. The van der Waals surface area contributed by atoms with Crippen LogP contribution in [0.5, 0.6) is 0 Å². The molecule has 21 heavy (non-hydrogen) atoms. The van der Waals surface area contributed by atoms with Crippen molar-refractivity contribution >= 4 is 17.5 Å². The van der Waals surface area contributed by atoms with Gasteiger partial charge in [0.25, 0.3) is 0 Å². The quantitative estimate of drug-likeness (QED) is 0.871. The van der Waals surface area contributed by atoms with Crippen molar-refractivity contribution in [2.24, 2.45) is 0 Å². The van der Waals surface area contributed by atoms with E-state index in [1.165, 1.54) is 12.1 Å². The molecule has 1 aromatic rings. The van der Waals surface area contributed by atoms with Crippen molar-refractivity contribution in [1.29, 1.82) is 0 Å². The van der Waals surface area contributed by atoms with Crippen LogP contribution in [0.4, 0.5) is 4.39 Å². The molecular formula is C15H21ClFN3O. The van der Waals surface area contributed by atoms with E-state index in [2.05, 4.69) is 15.5 Å². The zero-order valence-electron chi connectivity index (χ0n) is 12.2. The van der Waals surface area contributed by atoms with Crippen LogP contribution in [-0.4, -0.2) is 43.5 Å². The molecule has 2 N–H and O–H groups in total. The number of carbonyl (C=O) groups excluding carboxylic acids is 1. The molecule has 2 rings (SSSR count). The molecule has 6 heteroatoms. The number of likely N-dealkylation sites (N-methyl/N-ethyl adjacent to an activating group) is 1. The number of rotatable bonds is 5. The standard InChI is InChI=1S/C15H21ClFN3O/c1-18-15(21)10-20-4-2-14(3-5-20)19-9-11-6-12(16)8-13(17)7-11/h6-8,14,19H,2-5,9-10H2,1H3,(H,18,21). The van der Waals surface area contributed by atoms with E-state index in [9.17, 15) is 9.18 Å². The molecule has 116 valence electrons. The second kappa shape index (κ2) is 7.73. The number of nitrogens with one attached hydrogen (secondary N) is 2. The lowest BCUT2D eigenvalue weighted by Crippen LogP contribution is -2.45. The van der Waals surface area contributed by atoms with Gasteiger partial charge in [0.1, 0.15) is 5.82 Å². The van der Waals surface area contributed by atoms with E-state index in [-0.39, 0.29) is 11.7 Å². The molecule has 1 amide bonds. The Hall–Kier alpha value is -1.17. The molecule has 1 saturated heterocycles. The molecule has 1 aromatic carbocycles. The molecule has 1 fully saturated rings. The maximum absolute atomic E-state index is 13.2. The summed E-state index contributed by atoms with van der Waals surface area (Å²) in [6.45, 7) is 2.87. The van der Waals surface area contributed by atoms with Gasteiger partial charge in [-0.15, -0.1) is 0 Å². The van der Waals surface area contributed by atoms with Crippen LogP contribution >= 0.6 is 11.6 Å². The predicted octanol–water partition coefficient (Wildman–Crippen LogP) is 1.78. The van der Waals surface area contributed by atoms with Crippen molar-refractivity contribution in [2.45, 2.75) is 25.4 Å². The minimum Gasteiger partial charge on any atom is -0.358 e. The van der Waals surface area contributed by atoms with E-state index in [1.807, 2.05) is 0 Å². The lowest BCUT2D eigenvalue weighted by Gasteiger charge is -2.31. The number of piperidine rings is 1. The molecule has 0 saturated carbocycles. The van der Waals surface area contributed by atoms with E-state index in [0.29, 0.717) is 24.2 Å². The van der Waals surface area contributed by atoms with E-state index >= 15 is 0 Å². The average molecular weight is 314 g/mol. The smallest absolute Gasteiger partial charge is 0.233 e. The molecule has 0 unspecified atom stereocenters. The van der Waals surface area contributed by atoms with Crippen LogP contribution in [0.2, 0.25) is 5.02 Å². The summed E-state index contributed by atoms with van der Waals surface area (Å²) in [6.07, 6.45) is 1.97. The van der Waals surface area contributed by atoms with E-state index in [0.717, 1.165) is 31.5 Å². The summed E-state index contributed by atoms with van der Waals surface area (Å²) in [5, 5.41) is 6.49. The Morgan fingerprint density at radius 1 is 1.38 bits per heavy atom. The Balaban J connectivity index is 1.75. The van der Waals surface area contributed by atoms with Crippen LogP contribution in [-0.2, 0) is 11.3 Å². The summed E-state index contributed by atoms with van der Waals surface area (Å²) in [5.41, 5.74) is 0.854. The Bertz CT molecular complexity index is 470. The monoisotopic (exact) mass is 313 g/mol. The first-order chi connectivity index (χ1) is 10.1. The molecule has 1 aliphatic rings. The highest BCUT2D eigenvalue weighted by molar-refractivity contribution is 6.30. The number of nitrogens with zero attached hydrogens (tertiary/aromatic N) is 1. The van der Waals surface area contributed by atoms with Gasteiger partial charge in [0.2, 0.25) is 5.91 Å². The maximum atomic E-state index is 13.2. The van der Waals surface area contributed by atoms with Gasteiger partial charge in [-0.05, 0) is 36.6 Å². The number of hydrogen-bond donors (Lipinski definition) is 2. The number of carbonyl (C=O) groups is 1. The summed E-state index contributed by atoms with van der Waals surface area (Å²) in [5.74, 6) is -0.254. The van der Waals surface area contributed by atoms with E-state index in [4.69, 9.17) is 11.6 Å². The van der Waals surface area contributed by atoms with Gasteiger partial charge in [0.05, 0.1) is 6.54 Å². The zero-order chi connectivity index (χ0) is 15.2. The first-order valence-corrected chi connectivity index (χ1v) is 7.56. The van der Waals surface area contributed by atoms with Crippen LogP contribution in [0, 0.1) is 5.82 Å². The Morgan fingerprint density at radius 2 is 2.10 bits per heavy atom. The number of benzene rings is 1. The highest BCUT2D eigenvalue weighted by Gasteiger charge is 2.20. The van der Waals surface area contributed by atoms with Gasteiger partial charge >= 0.3 is 0 Å². The lowest BCUT2D eigenvalue weighted by atomic mass is 10.0. The van der Waals surface area contributed by atoms with Crippen molar-refractivity contribution in [3.63, 3.8) is 0 Å². The topological polar surface area (TPSA) is 44.4 Å². The van der Waals surface area contributed by atoms with Crippen LogP contribution < -0.4 is 10.6 Å². The third kappa shape index (κ3) is 5.26. The highest BCUT2D eigenvalue weighted by Crippen LogP contribution is 2.15. The average Bonchev–Trinajstić information content (AvgIpc) is 2.45. The van der Waals surface area contributed by atoms with Crippen molar-refractivity contribution in [1.82, 2.24) is 15.5 Å². The summed E-state index contributed by atoms with van der Waals surface area (Å²) in [6, 6.07) is 4.98. The summed E-state index contributed by atoms with van der Waals surface area (Å²) < 4.78 is 13.2. The molecule has 0 spiro atoms. The molecular weight excluding hydrogens is 293 g/mol.